The number of thiazole rings is 1. The summed E-state index contributed by atoms with van der Waals surface area (Å²) in [6.45, 7) is 8.90. The third-order valence-corrected chi connectivity index (χ3v) is 5.83. The molecule has 0 saturated heterocycles. The van der Waals surface area contributed by atoms with Gasteiger partial charge in [-0.15, -0.1) is 21.5 Å². The molecule has 0 aliphatic carbocycles. The summed E-state index contributed by atoms with van der Waals surface area (Å²) in [7, 11) is 0. The predicted octanol–water partition coefficient (Wildman–Crippen LogP) is 4.08. The number of carbonyl (C=O) groups excluding carboxylic acids is 1. The second-order valence-corrected chi connectivity index (χ2v) is 7.75. The molecule has 0 saturated carbocycles. The quantitative estimate of drug-likeness (QED) is 0.645. The maximum absolute atomic E-state index is 12.2. The van der Waals surface area contributed by atoms with E-state index in [-0.39, 0.29) is 11.7 Å². The molecule has 1 N–H and O–H groups in total. The fraction of sp³-hybridized carbons (Fsp3) is 0.333. The van der Waals surface area contributed by atoms with Crippen LogP contribution in [-0.4, -0.2) is 31.4 Å². The average Bonchev–Trinajstić information content (AvgIpc) is 3.22. The molecule has 0 aliphatic rings. The molecule has 136 valence electrons. The number of hydrogen-bond acceptors (Lipinski definition) is 6. The number of aromatic nitrogens is 4. The summed E-state index contributed by atoms with van der Waals surface area (Å²) in [5, 5.41) is 14.3. The Kier molecular flexibility index (Phi) is 5.73. The first-order valence-corrected chi connectivity index (χ1v) is 10.2. The number of anilines is 1. The second kappa shape index (κ2) is 8.01. The first-order valence-electron chi connectivity index (χ1n) is 8.33. The van der Waals surface area contributed by atoms with Gasteiger partial charge in [0.2, 0.25) is 5.91 Å². The van der Waals surface area contributed by atoms with Crippen molar-refractivity contribution in [2.24, 2.45) is 0 Å². The van der Waals surface area contributed by atoms with Crippen molar-refractivity contribution in [3.05, 3.63) is 40.5 Å². The van der Waals surface area contributed by atoms with Crippen molar-refractivity contribution in [1.82, 2.24) is 19.7 Å². The van der Waals surface area contributed by atoms with Crippen LogP contribution >= 0.6 is 23.1 Å². The topological polar surface area (TPSA) is 72.7 Å². The molecule has 8 heteroatoms. The van der Waals surface area contributed by atoms with Gasteiger partial charge >= 0.3 is 0 Å². The van der Waals surface area contributed by atoms with Gasteiger partial charge in [-0.1, -0.05) is 23.9 Å². The lowest BCUT2D eigenvalue weighted by Crippen LogP contribution is -2.14. The molecule has 0 unspecified atom stereocenters. The van der Waals surface area contributed by atoms with Crippen molar-refractivity contribution in [2.45, 2.75) is 39.4 Å². The predicted molar refractivity (Wildman–Crippen MR) is 107 cm³/mol. The Hall–Kier alpha value is -2.19. The van der Waals surface area contributed by atoms with E-state index in [1.165, 1.54) is 34.2 Å². The molecule has 0 atom stereocenters. The van der Waals surface area contributed by atoms with E-state index < -0.39 is 0 Å². The van der Waals surface area contributed by atoms with Crippen LogP contribution in [0.3, 0.4) is 0 Å². The fourth-order valence-electron chi connectivity index (χ4n) is 2.48. The molecule has 6 nitrogen and oxygen atoms in total. The number of nitrogens with one attached hydrogen (secondary N) is 1. The van der Waals surface area contributed by atoms with Crippen LogP contribution in [0, 0.1) is 20.8 Å². The fourth-order valence-corrected chi connectivity index (χ4v) is 4.07. The molecule has 3 aromatic rings. The molecule has 0 fully saturated rings. The lowest BCUT2D eigenvalue weighted by Gasteiger charge is -2.04. The zero-order valence-corrected chi connectivity index (χ0v) is 16.9. The lowest BCUT2D eigenvalue weighted by molar-refractivity contribution is -0.113. The van der Waals surface area contributed by atoms with Crippen LogP contribution < -0.4 is 5.32 Å². The normalized spacial score (nSPS) is 10.9. The van der Waals surface area contributed by atoms with Crippen molar-refractivity contribution in [3.8, 4) is 11.3 Å². The van der Waals surface area contributed by atoms with Gasteiger partial charge in [-0.25, -0.2) is 4.98 Å². The van der Waals surface area contributed by atoms with Crippen LogP contribution in [0.15, 0.2) is 28.7 Å². The monoisotopic (exact) mass is 387 g/mol. The highest BCUT2D eigenvalue weighted by Gasteiger charge is 2.12. The van der Waals surface area contributed by atoms with Gasteiger partial charge in [0.1, 0.15) is 5.82 Å². The van der Waals surface area contributed by atoms with E-state index in [0.29, 0.717) is 5.13 Å². The lowest BCUT2D eigenvalue weighted by atomic mass is 10.1. The number of aryl methyl sites for hydroxylation is 3. The van der Waals surface area contributed by atoms with E-state index in [2.05, 4.69) is 52.5 Å². The van der Waals surface area contributed by atoms with Gasteiger partial charge in [0.25, 0.3) is 0 Å². The van der Waals surface area contributed by atoms with Crippen molar-refractivity contribution < 1.29 is 4.79 Å². The Bertz CT molecular complexity index is 932. The Morgan fingerprint density at radius 2 is 2.04 bits per heavy atom. The first-order chi connectivity index (χ1) is 12.5. The molecule has 0 aliphatic heterocycles. The van der Waals surface area contributed by atoms with E-state index in [1.807, 2.05) is 23.8 Å². The number of thioether (sulfide) groups is 1. The van der Waals surface area contributed by atoms with Gasteiger partial charge in [0.05, 0.1) is 11.4 Å². The molecule has 1 aromatic carbocycles. The number of carbonyl (C=O) groups is 1. The molecule has 3 rings (SSSR count). The van der Waals surface area contributed by atoms with Crippen LogP contribution in [0.5, 0.6) is 0 Å². The molecule has 2 heterocycles. The standard InChI is InChI=1S/C18H21N5OS2/c1-5-23-13(4)21-22-18(23)26-10-16(24)20-17-19-15(9-25-17)14-7-6-11(2)12(3)8-14/h6-9H,5,10H2,1-4H3,(H,19,20,24). The number of hydrogen-bond donors (Lipinski definition) is 1. The van der Waals surface area contributed by atoms with Crippen molar-refractivity contribution in [1.29, 1.82) is 0 Å². The van der Waals surface area contributed by atoms with E-state index in [1.54, 1.807) is 0 Å². The van der Waals surface area contributed by atoms with Gasteiger partial charge in [-0.3, -0.25) is 4.79 Å². The minimum Gasteiger partial charge on any atom is -0.307 e. The minimum absolute atomic E-state index is 0.0979. The zero-order valence-electron chi connectivity index (χ0n) is 15.2. The highest BCUT2D eigenvalue weighted by molar-refractivity contribution is 7.99. The SMILES string of the molecule is CCn1c(C)nnc1SCC(=O)Nc1nc(-c2ccc(C)c(C)c2)cs1. The Balaban J connectivity index is 1.61. The number of benzene rings is 1. The van der Waals surface area contributed by atoms with E-state index in [9.17, 15) is 4.79 Å². The van der Waals surface area contributed by atoms with Crippen LogP contribution in [-0.2, 0) is 11.3 Å². The van der Waals surface area contributed by atoms with Crippen LogP contribution in [0.1, 0.15) is 23.9 Å². The van der Waals surface area contributed by atoms with Crippen molar-refractivity contribution in [2.75, 3.05) is 11.1 Å². The molecule has 26 heavy (non-hydrogen) atoms. The van der Waals surface area contributed by atoms with Crippen LogP contribution in [0.25, 0.3) is 11.3 Å². The highest BCUT2D eigenvalue weighted by atomic mass is 32.2. The van der Waals surface area contributed by atoms with Gasteiger partial charge < -0.3 is 9.88 Å². The maximum Gasteiger partial charge on any atom is 0.236 e. The van der Waals surface area contributed by atoms with Gasteiger partial charge in [-0.05, 0) is 44.9 Å². The summed E-state index contributed by atoms with van der Waals surface area (Å²) in [5.74, 6) is 1.03. The molecule has 1 amide bonds. The van der Waals surface area contributed by atoms with Crippen molar-refractivity contribution >= 4 is 34.1 Å². The third kappa shape index (κ3) is 4.13. The summed E-state index contributed by atoms with van der Waals surface area (Å²) in [5.41, 5.74) is 4.42. The summed E-state index contributed by atoms with van der Waals surface area (Å²) in [4.78, 5) is 16.7. The van der Waals surface area contributed by atoms with Gasteiger partial charge in [0.15, 0.2) is 10.3 Å². The van der Waals surface area contributed by atoms with E-state index in [0.717, 1.165) is 28.8 Å². The highest BCUT2D eigenvalue weighted by Crippen LogP contribution is 2.26. The molecule has 0 spiro atoms. The summed E-state index contributed by atoms with van der Waals surface area (Å²) in [6.07, 6.45) is 0. The van der Waals surface area contributed by atoms with E-state index in [4.69, 9.17) is 0 Å². The summed E-state index contributed by atoms with van der Waals surface area (Å²) in [6, 6.07) is 6.26. The number of rotatable bonds is 6. The third-order valence-electron chi connectivity index (χ3n) is 4.10. The van der Waals surface area contributed by atoms with Crippen molar-refractivity contribution in [3.63, 3.8) is 0 Å². The summed E-state index contributed by atoms with van der Waals surface area (Å²) < 4.78 is 1.99. The smallest absolute Gasteiger partial charge is 0.236 e. The molecule has 0 radical (unpaired) electrons. The number of amides is 1. The first kappa shape index (κ1) is 18.6. The van der Waals surface area contributed by atoms with Crippen LogP contribution in [0.2, 0.25) is 0 Å². The molecule has 2 aromatic heterocycles. The second-order valence-electron chi connectivity index (χ2n) is 5.95. The Morgan fingerprint density at radius 1 is 1.23 bits per heavy atom. The minimum atomic E-state index is -0.0979. The van der Waals surface area contributed by atoms with Gasteiger partial charge in [0, 0.05) is 17.5 Å². The maximum atomic E-state index is 12.2. The largest absolute Gasteiger partial charge is 0.307 e. The Labute approximate surface area is 161 Å². The average molecular weight is 388 g/mol. The molecule has 0 bridgehead atoms. The summed E-state index contributed by atoms with van der Waals surface area (Å²) >= 11 is 2.81. The van der Waals surface area contributed by atoms with E-state index >= 15 is 0 Å². The van der Waals surface area contributed by atoms with Gasteiger partial charge in [-0.2, -0.15) is 0 Å². The Morgan fingerprint density at radius 3 is 2.77 bits per heavy atom. The van der Waals surface area contributed by atoms with Crippen LogP contribution in [0.4, 0.5) is 5.13 Å². The molecular formula is C18H21N5OS2. The number of nitrogens with zero attached hydrogens (tertiary/aromatic N) is 4. The zero-order chi connectivity index (χ0) is 18.7. The molecular weight excluding hydrogens is 366 g/mol.